The highest BCUT2D eigenvalue weighted by atomic mass is 35.5. The number of carbonyl (C=O) groups excluding carboxylic acids is 1. The lowest BCUT2D eigenvalue weighted by atomic mass is 10.2. The SMILES string of the molecule is CCn1cc(C(=O)NCc2ccc(Cl)cc2)c(=S)c2ccsc21. The third-order valence-electron chi connectivity index (χ3n) is 3.63. The van der Waals surface area contributed by atoms with Gasteiger partial charge in [-0.2, -0.15) is 0 Å². The second kappa shape index (κ2) is 6.83. The molecule has 0 aliphatic rings. The van der Waals surface area contributed by atoms with E-state index in [1.807, 2.05) is 41.9 Å². The van der Waals surface area contributed by atoms with E-state index in [0.717, 1.165) is 22.3 Å². The summed E-state index contributed by atoms with van der Waals surface area (Å²) in [7, 11) is 0. The number of pyridine rings is 1. The number of nitrogens with one attached hydrogen (secondary N) is 1. The summed E-state index contributed by atoms with van der Waals surface area (Å²) >= 11 is 13.0. The van der Waals surface area contributed by atoms with Crippen LogP contribution in [0.25, 0.3) is 10.2 Å². The van der Waals surface area contributed by atoms with Crippen LogP contribution in [0.15, 0.2) is 41.9 Å². The van der Waals surface area contributed by atoms with E-state index >= 15 is 0 Å². The smallest absolute Gasteiger partial charge is 0.254 e. The number of benzene rings is 1. The highest BCUT2D eigenvalue weighted by molar-refractivity contribution is 7.71. The Morgan fingerprint density at radius 1 is 1.30 bits per heavy atom. The first-order valence-electron chi connectivity index (χ1n) is 7.23. The number of halogens is 1. The van der Waals surface area contributed by atoms with Crippen LogP contribution in [0, 0.1) is 4.51 Å². The third kappa shape index (κ3) is 3.32. The molecule has 1 N–H and O–H groups in total. The van der Waals surface area contributed by atoms with Crippen molar-refractivity contribution in [2.75, 3.05) is 0 Å². The molecule has 1 aromatic carbocycles. The molecule has 0 spiro atoms. The first-order valence-corrected chi connectivity index (χ1v) is 8.90. The van der Waals surface area contributed by atoms with Crippen molar-refractivity contribution in [1.29, 1.82) is 0 Å². The maximum absolute atomic E-state index is 12.5. The predicted molar refractivity (Wildman–Crippen MR) is 98.9 cm³/mol. The Labute approximate surface area is 148 Å². The van der Waals surface area contributed by atoms with E-state index in [2.05, 4.69) is 16.8 Å². The molecule has 118 valence electrons. The molecule has 23 heavy (non-hydrogen) atoms. The molecule has 0 radical (unpaired) electrons. The Morgan fingerprint density at radius 2 is 2.04 bits per heavy atom. The van der Waals surface area contributed by atoms with Crippen molar-refractivity contribution in [1.82, 2.24) is 9.88 Å². The molecular weight excluding hydrogens is 348 g/mol. The zero-order valence-corrected chi connectivity index (χ0v) is 14.9. The summed E-state index contributed by atoms with van der Waals surface area (Å²) in [5.74, 6) is -0.153. The van der Waals surface area contributed by atoms with Gasteiger partial charge in [-0.3, -0.25) is 4.79 Å². The summed E-state index contributed by atoms with van der Waals surface area (Å²) in [6, 6.07) is 9.38. The highest BCUT2D eigenvalue weighted by Crippen LogP contribution is 2.24. The second-order valence-corrected chi connectivity index (χ2v) is 6.85. The van der Waals surface area contributed by atoms with Crippen LogP contribution in [0.3, 0.4) is 0 Å². The maximum atomic E-state index is 12.5. The van der Waals surface area contributed by atoms with Crippen molar-refractivity contribution in [2.24, 2.45) is 0 Å². The molecule has 0 saturated heterocycles. The van der Waals surface area contributed by atoms with E-state index in [1.54, 1.807) is 11.3 Å². The summed E-state index contributed by atoms with van der Waals surface area (Å²) in [5.41, 5.74) is 1.54. The minimum Gasteiger partial charge on any atom is -0.348 e. The van der Waals surface area contributed by atoms with Crippen LogP contribution >= 0.6 is 35.2 Å². The first-order chi connectivity index (χ1) is 11.1. The molecule has 1 amide bonds. The quantitative estimate of drug-likeness (QED) is 0.660. The Balaban J connectivity index is 1.87. The Bertz CT molecular complexity index is 912. The van der Waals surface area contributed by atoms with Crippen LogP contribution in [0.4, 0.5) is 0 Å². The van der Waals surface area contributed by atoms with Gasteiger partial charge in [-0.25, -0.2) is 0 Å². The Morgan fingerprint density at radius 3 is 2.74 bits per heavy atom. The summed E-state index contributed by atoms with van der Waals surface area (Å²) in [5, 5.41) is 6.57. The van der Waals surface area contributed by atoms with Gasteiger partial charge in [-0.15, -0.1) is 11.3 Å². The first kappa shape index (κ1) is 16.2. The monoisotopic (exact) mass is 362 g/mol. The van der Waals surface area contributed by atoms with Gasteiger partial charge in [0.15, 0.2) is 0 Å². The van der Waals surface area contributed by atoms with Gasteiger partial charge in [0.05, 0.1) is 10.1 Å². The molecule has 2 aromatic heterocycles. The molecule has 0 fully saturated rings. The fraction of sp³-hybridized carbons (Fsp3) is 0.176. The largest absolute Gasteiger partial charge is 0.348 e. The second-order valence-electron chi connectivity index (χ2n) is 5.11. The van der Waals surface area contributed by atoms with Crippen molar-refractivity contribution in [2.45, 2.75) is 20.0 Å². The van der Waals surface area contributed by atoms with E-state index in [1.165, 1.54) is 0 Å². The van der Waals surface area contributed by atoms with Crippen LogP contribution in [-0.4, -0.2) is 10.5 Å². The number of thiophene rings is 1. The van der Waals surface area contributed by atoms with Gasteiger partial charge in [-0.1, -0.05) is 36.0 Å². The van der Waals surface area contributed by atoms with E-state index in [0.29, 0.717) is 21.6 Å². The van der Waals surface area contributed by atoms with E-state index in [-0.39, 0.29) is 5.91 Å². The molecule has 3 aromatic rings. The van der Waals surface area contributed by atoms with Gasteiger partial charge in [0, 0.05) is 29.7 Å². The lowest BCUT2D eigenvalue weighted by molar-refractivity contribution is 0.0950. The number of amides is 1. The molecule has 3 rings (SSSR count). The summed E-state index contributed by atoms with van der Waals surface area (Å²) in [4.78, 5) is 13.6. The Hall–Kier alpha value is -1.69. The number of aryl methyl sites for hydroxylation is 1. The molecular formula is C17H15ClN2OS2. The standard InChI is InChI=1S/C17H15ClN2OS2/c1-2-20-10-14(15(22)13-7-8-23-17(13)20)16(21)19-9-11-3-5-12(18)6-4-11/h3-8,10H,2,9H2,1H3,(H,19,21). The summed E-state index contributed by atoms with van der Waals surface area (Å²) in [6.07, 6.45) is 1.85. The zero-order valence-electron chi connectivity index (χ0n) is 12.5. The number of hydrogen-bond acceptors (Lipinski definition) is 3. The van der Waals surface area contributed by atoms with Crippen molar-refractivity contribution in [3.63, 3.8) is 0 Å². The maximum Gasteiger partial charge on any atom is 0.254 e. The van der Waals surface area contributed by atoms with Gasteiger partial charge in [-0.05, 0) is 36.1 Å². The van der Waals surface area contributed by atoms with Crippen LogP contribution in [0.2, 0.25) is 5.02 Å². The van der Waals surface area contributed by atoms with Gasteiger partial charge >= 0.3 is 0 Å². The molecule has 0 atom stereocenters. The minimum absolute atomic E-state index is 0.153. The van der Waals surface area contributed by atoms with Crippen molar-refractivity contribution in [3.05, 3.63) is 62.6 Å². The number of fused-ring (bicyclic) bond motifs is 1. The highest BCUT2D eigenvalue weighted by Gasteiger charge is 2.13. The van der Waals surface area contributed by atoms with Crippen molar-refractivity contribution in [3.8, 4) is 0 Å². The number of aromatic nitrogens is 1. The number of hydrogen-bond donors (Lipinski definition) is 1. The molecule has 0 aliphatic heterocycles. The fourth-order valence-corrected chi connectivity index (χ4v) is 3.84. The van der Waals surface area contributed by atoms with E-state index in [4.69, 9.17) is 23.8 Å². The zero-order chi connectivity index (χ0) is 16.4. The molecule has 0 saturated carbocycles. The third-order valence-corrected chi connectivity index (χ3v) is 5.27. The topological polar surface area (TPSA) is 34.0 Å². The summed E-state index contributed by atoms with van der Waals surface area (Å²) < 4.78 is 2.67. The average molecular weight is 363 g/mol. The predicted octanol–water partition coefficient (Wildman–Crippen LogP) is 5.04. The van der Waals surface area contributed by atoms with Crippen molar-refractivity contribution < 1.29 is 4.79 Å². The average Bonchev–Trinajstić information content (AvgIpc) is 3.05. The minimum atomic E-state index is -0.153. The summed E-state index contributed by atoms with van der Waals surface area (Å²) in [6.45, 7) is 3.29. The van der Waals surface area contributed by atoms with Crippen LogP contribution in [0.5, 0.6) is 0 Å². The number of nitrogens with zero attached hydrogens (tertiary/aromatic N) is 1. The van der Waals surface area contributed by atoms with Gasteiger partial charge in [0.2, 0.25) is 0 Å². The van der Waals surface area contributed by atoms with Crippen LogP contribution in [-0.2, 0) is 13.1 Å². The van der Waals surface area contributed by atoms with Crippen LogP contribution in [0.1, 0.15) is 22.8 Å². The van der Waals surface area contributed by atoms with E-state index < -0.39 is 0 Å². The molecule has 6 heteroatoms. The van der Waals surface area contributed by atoms with Gasteiger partial charge < -0.3 is 9.88 Å². The number of carbonyl (C=O) groups is 1. The molecule has 0 unspecified atom stereocenters. The van der Waals surface area contributed by atoms with Gasteiger partial charge in [0.25, 0.3) is 5.91 Å². The molecule has 0 bridgehead atoms. The van der Waals surface area contributed by atoms with Crippen LogP contribution < -0.4 is 5.32 Å². The number of rotatable bonds is 4. The molecule has 3 nitrogen and oxygen atoms in total. The lowest BCUT2D eigenvalue weighted by Crippen LogP contribution is -2.24. The lowest BCUT2D eigenvalue weighted by Gasteiger charge is -2.10. The van der Waals surface area contributed by atoms with Crippen molar-refractivity contribution >= 4 is 51.3 Å². The Kier molecular flexibility index (Phi) is 4.80. The molecule has 2 heterocycles. The van der Waals surface area contributed by atoms with Gasteiger partial charge in [0.1, 0.15) is 4.83 Å². The fourth-order valence-electron chi connectivity index (χ4n) is 2.39. The van der Waals surface area contributed by atoms with E-state index in [9.17, 15) is 4.79 Å². The normalized spacial score (nSPS) is 10.9. The molecule has 0 aliphatic carbocycles.